The average Bonchev–Trinajstić information content (AvgIpc) is 2.74. The van der Waals surface area contributed by atoms with Crippen molar-refractivity contribution in [2.75, 3.05) is 0 Å². The predicted octanol–water partition coefficient (Wildman–Crippen LogP) is 5.89. The van der Waals surface area contributed by atoms with Crippen LogP contribution >= 0.6 is 0 Å². The lowest BCUT2D eigenvalue weighted by Crippen LogP contribution is -2.16. The van der Waals surface area contributed by atoms with Gasteiger partial charge >= 0.3 is 5.97 Å². The summed E-state index contributed by atoms with van der Waals surface area (Å²) in [5, 5.41) is 8.76. The quantitative estimate of drug-likeness (QED) is 0.527. The summed E-state index contributed by atoms with van der Waals surface area (Å²) in [6.45, 7) is 5.93. The Morgan fingerprint density at radius 3 is 2.00 bits per heavy atom. The van der Waals surface area contributed by atoms with E-state index in [1.807, 2.05) is 51.1 Å². The van der Waals surface area contributed by atoms with Crippen molar-refractivity contribution < 1.29 is 14.7 Å². The first kappa shape index (κ1) is 23.6. The van der Waals surface area contributed by atoms with Crippen LogP contribution in [0.5, 0.6) is 0 Å². The molecule has 0 radical (unpaired) electrons. The molecular weight excluding hydrogens is 348 g/mol. The third-order valence-corrected chi connectivity index (χ3v) is 4.80. The number of ketones is 1. The van der Waals surface area contributed by atoms with Crippen LogP contribution in [0, 0.1) is 5.92 Å². The Labute approximate surface area is 169 Å². The van der Waals surface area contributed by atoms with E-state index in [0.29, 0.717) is 18.6 Å². The van der Waals surface area contributed by atoms with Crippen LogP contribution in [0.25, 0.3) is 0 Å². The number of rotatable bonds is 11. The Bertz CT molecular complexity index is 689. The number of carboxylic acids is 1. The standard InChI is InChI=1S/C23H28O3.C2H6/c1-2-22(24)21(10-6-9-18-7-4-3-5-8-18)17-20-13-11-19(12-14-20)15-16-23(25)26;1-2/h3-5,7-8,11-14,21H,2,6,9-10,15-17H2,1H3,(H,25,26);1-2H3. The van der Waals surface area contributed by atoms with Crippen molar-refractivity contribution in [2.45, 2.75) is 65.7 Å². The van der Waals surface area contributed by atoms with Crippen LogP contribution in [-0.4, -0.2) is 16.9 Å². The molecule has 0 aliphatic carbocycles. The number of aliphatic carboxylic acids is 1. The molecule has 0 aliphatic rings. The number of Topliss-reactive ketones (excluding diaryl/α,β-unsaturated/α-hetero) is 1. The van der Waals surface area contributed by atoms with Gasteiger partial charge in [0.1, 0.15) is 5.78 Å². The van der Waals surface area contributed by atoms with Crippen LogP contribution in [0.3, 0.4) is 0 Å². The maximum absolute atomic E-state index is 12.3. The molecule has 0 aliphatic heterocycles. The number of aryl methyl sites for hydroxylation is 2. The Morgan fingerprint density at radius 2 is 1.43 bits per heavy atom. The maximum atomic E-state index is 12.3. The Balaban J connectivity index is 0.00000190. The highest BCUT2D eigenvalue weighted by Crippen LogP contribution is 2.19. The molecule has 152 valence electrons. The summed E-state index contributed by atoms with van der Waals surface area (Å²) < 4.78 is 0. The molecule has 3 nitrogen and oxygen atoms in total. The number of benzene rings is 2. The molecule has 2 rings (SSSR count). The maximum Gasteiger partial charge on any atom is 0.303 e. The molecule has 2 aromatic rings. The lowest BCUT2D eigenvalue weighted by atomic mass is 9.88. The van der Waals surface area contributed by atoms with Gasteiger partial charge in [0, 0.05) is 18.8 Å². The second-order valence-electron chi connectivity index (χ2n) is 6.81. The van der Waals surface area contributed by atoms with Crippen LogP contribution in [0.15, 0.2) is 54.6 Å². The molecule has 0 saturated carbocycles. The summed E-state index contributed by atoms with van der Waals surface area (Å²) in [4.78, 5) is 23.0. The number of carbonyl (C=O) groups is 2. The van der Waals surface area contributed by atoms with Gasteiger partial charge in [-0.3, -0.25) is 9.59 Å². The van der Waals surface area contributed by atoms with E-state index < -0.39 is 5.97 Å². The second kappa shape index (κ2) is 13.7. The number of carbonyl (C=O) groups excluding carboxylic acids is 1. The van der Waals surface area contributed by atoms with E-state index in [0.717, 1.165) is 36.8 Å². The lowest BCUT2D eigenvalue weighted by Gasteiger charge is -2.15. The van der Waals surface area contributed by atoms with Crippen molar-refractivity contribution in [3.8, 4) is 0 Å². The van der Waals surface area contributed by atoms with Crippen LogP contribution in [0.1, 0.15) is 63.1 Å². The molecule has 3 heteroatoms. The zero-order valence-corrected chi connectivity index (χ0v) is 17.5. The van der Waals surface area contributed by atoms with Crippen LogP contribution in [-0.2, 0) is 28.9 Å². The minimum atomic E-state index is -0.777. The predicted molar refractivity (Wildman–Crippen MR) is 116 cm³/mol. The largest absolute Gasteiger partial charge is 0.481 e. The zero-order chi connectivity index (χ0) is 20.8. The molecule has 0 saturated heterocycles. The van der Waals surface area contributed by atoms with E-state index in [4.69, 9.17) is 5.11 Å². The van der Waals surface area contributed by atoms with Gasteiger partial charge in [-0.15, -0.1) is 0 Å². The third-order valence-electron chi connectivity index (χ3n) is 4.80. The van der Waals surface area contributed by atoms with Gasteiger partial charge in [-0.2, -0.15) is 0 Å². The van der Waals surface area contributed by atoms with Crippen molar-refractivity contribution in [3.05, 3.63) is 71.3 Å². The Hall–Kier alpha value is -2.42. The molecule has 28 heavy (non-hydrogen) atoms. The fourth-order valence-corrected chi connectivity index (χ4v) is 3.24. The van der Waals surface area contributed by atoms with Gasteiger partial charge in [0.15, 0.2) is 0 Å². The minimum Gasteiger partial charge on any atom is -0.481 e. The topological polar surface area (TPSA) is 54.4 Å². The van der Waals surface area contributed by atoms with E-state index in [9.17, 15) is 9.59 Å². The molecule has 1 atom stereocenters. The van der Waals surface area contributed by atoms with E-state index in [1.54, 1.807) is 0 Å². The highest BCUT2D eigenvalue weighted by molar-refractivity contribution is 5.80. The fraction of sp³-hybridized carbons (Fsp3) is 0.440. The first-order chi connectivity index (χ1) is 13.6. The summed E-state index contributed by atoms with van der Waals surface area (Å²) in [6, 6.07) is 18.4. The summed E-state index contributed by atoms with van der Waals surface area (Å²) in [6.07, 6.45) is 4.95. The van der Waals surface area contributed by atoms with E-state index >= 15 is 0 Å². The van der Waals surface area contributed by atoms with E-state index in [1.165, 1.54) is 5.56 Å². The molecule has 0 fully saturated rings. The third kappa shape index (κ3) is 8.98. The summed E-state index contributed by atoms with van der Waals surface area (Å²) in [7, 11) is 0. The molecule has 0 spiro atoms. The lowest BCUT2D eigenvalue weighted by molar-refractivity contribution is -0.137. The van der Waals surface area contributed by atoms with Crippen LogP contribution in [0.2, 0.25) is 0 Å². The molecular formula is C25H34O3. The molecule has 2 aromatic carbocycles. The Kier molecular flexibility index (Phi) is 11.6. The van der Waals surface area contributed by atoms with E-state index in [2.05, 4.69) is 24.3 Å². The smallest absolute Gasteiger partial charge is 0.303 e. The molecule has 0 aromatic heterocycles. The number of hydrogen-bond donors (Lipinski definition) is 1. The van der Waals surface area contributed by atoms with Crippen LogP contribution < -0.4 is 0 Å². The molecule has 0 heterocycles. The van der Waals surface area contributed by atoms with Gasteiger partial charge in [0.05, 0.1) is 0 Å². The van der Waals surface area contributed by atoms with Crippen molar-refractivity contribution in [1.29, 1.82) is 0 Å². The first-order valence-electron chi connectivity index (χ1n) is 10.4. The van der Waals surface area contributed by atoms with Crippen molar-refractivity contribution in [2.24, 2.45) is 5.92 Å². The summed E-state index contributed by atoms with van der Waals surface area (Å²) >= 11 is 0. The Morgan fingerprint density at radius 1 is 0.857 bits per heavy atom. The van der Waals surface area contributed by atoms with Crippen LogP contribution in [0.4, 0.5) is 0 Å². The highest BCUT2D eigenvalue weighted by atomic mass is 16.4. The number of hydrogen-bond acceptors (Lipinski definition) is 2. The van der Waals surface area contributed by atoms with Gasteiger partial charge in [-0.05, 0) is 48.8 Å². The summed E-state index contributed by atoms with van der Waals surface area (Å²) in [5.41, 5.74) is 3.49. The van der Waals surface area contributed by atoms with Gasteiger partial charge in [0.25, 0.3) is 0 Å². The van der Waals surface area contributed by atoms with Crippen molar-refractivity contribution in [3.63, 3.8) is 0 Å². The normalized spacial score (nSPS) is 11.2. The zero-order valence-electron chi connectivity index (χ0n) is 17.5. The van der Waals surface area contributed by atoms with Gasteiger partial charge in [-0.1, -0.05) is 75.4 Å². The second-order valence-corrected chi connectivity index (χ2v) is 6.81. The van der Waals surface area contributed by atoms with Crippen molar-refractivity contribution in [1.82, 2.24) is 0 Å². The molecule has 0 amide bonds. The minimum absolute atomic E-state index is 0.0635. The monoisotopic (exact) mass is 382 g/mol. The van der Waals surface area contributed by atoms with Gasteiger partial charge in [-0.25, -0.2) is 0 Å². The highest BCUT2D eigenvalue weighted by Gasteiger charge is 2.17. The van der Waals surface area contributed by atoms with Crippen molar-refractivity contribution >= 4 is 11.8 Å². The first-order valence-corrected chi connectivity index (χ1v) is 10.4. The SMILES string of the molecule is CC.CCC(=O)C(CCCc1ccccc1)Cc1ccc(CCC(=O)O)cc1. The fourth-order valence-electron chi connectivity index (χ4n) is 3.24. The van der Waals surface area contributed by atoms with Gasteiger partial charge in [0.2, 0.25) is 0 Å². The molecule has 0 bridgehead atoms. The average molecular weight is 383 g/mol. The molecule has 1 unspecified atom stereocenters. The summed E-state index contributed by atoms with van der Waals surface area (Å²) in [5.74, 6) is -0.386. The molecule has 1 N–H and O–H groups in total. The number of carboxylic acid groups (broad SMARTS) is 1. The van der Waals surface area contributed by atoms with E-state index in [-0.39, 0.29) is 12.3 Å². The van der Waals surface area contributed by atoms with Gasteiger partial charge < -0.3 is 5.11 Å².